The topological polar surface area (TPSA) is 104 Å². The zero-order chi connectivity index (χ0) is 18.3. The molecule has 3 rings (SSSR count). The van der Waals surface area contributed by atoms with Crippen LogP contribution in [0.5, 0.6) is 0 Å². The number of ether oxygens (including phenoxy) is 2. The second-order valence-corrected chi connectivity index (χ2v) is 6.29. The van der Waals surface area contributed by atoms with Crippen LogP contribution in [0.3, 0.4) is 0 Å². The van der Waals surface area contributed by atoms with E-state index in [-0.39, 0.29) is 19.0 Å². The summed E-state index contributed by atoms with van der Waals surface area (Å²) in [6.45, 7) is 6.15. The number of fused-ring (bicyclic) bond motifs is 1. The Morgan fingerprint density at radius 3 is 2.08 bits per heavy atom. The number of hydrogen-bond donors (Lipinski definition) is 1. The summed E-state index contributed by atoms with van der Waals surface area (Å²) in [6.07, 6.45) is 0.538. The maximum Gasteiger partial charge on any atom is 0.293 e. The molecule has 25 heavy (non-hydrogen) atoms. The normalized spacial score (nSPS) is 34.5. The van der Waals surface area contributed by atoms with Gasteiger partial charge >= 0.3 is 0 Å². The van der Waals surface area contributed by atoms with Crippen molar-refractivity contribution in [2.24, 2.45) is 21.6 Å². The van der Waals surface area contributed by atoms with Gasteiger partial charge in [-0.3, -0.25) is 0 Å². The first kappa shape index (κ1) is 17.4. The fraction of sp³-hybridized carbons (Fsp3) is 0.526. The molecular formula is C19H22N4O2. The zero-order valence-electron chi connectivity index (χ0n) is 14.7. The van der Waals surface area contributed by atoms with Crippen LogP contribution in [0, 0.1) is 33.5 Å². The highest BCUT2D eigenvalue weighted by molar-refractivity contribution is 6.02. The lowest BCUT2D eigenvalue weighted by Gasteiger charge is -2.35. The number of hydrogen-bond acceptors (Lipinski definition) is 6. The summed E-state index contributed by atoms with van der Waals surface area (Å²) < 4.78 is 11.8. The first-order valence-electron chi connectivity index (χ1n) is 8.55. The van der Waals surface area contributed by atoms with E-state index in [1.165, 1.54) is 0 Å². The van der Waals surface area contributed by atoms with Gasteiger partial charge in [-0.2, -0.15) is 10.5 Å². The summed E-state index contributed by atoms with van der Waals surface area (Å²) in [5.74, 6) is -1.46. The molecule has 1 saturated carbocycles. The minimum absolute atomic E-state index is 0.115. The van der Waals surface area contributed by atoms with Gasteiger partial charge in [0.1, 0.15) is 5.84 Å². The van der Waals surface area contributed by atoms with Crippen LogP contribution in [-0.2, 0) is 14.9 Å². The van der Waals surface area contributed by atoms with E-state index in [1.54, 1.807) is 0 Å². The Kier molecular flexibility index (Phi) is 3.87. The third kappa shape index (κ3) is 1.53. The van der Waals surface area contributed by atoms with Crippen LogP contribution in [0.4, 0.5) is 0 Å². The highest BCUT2D eigenvalue weighted by Crippen LogP contribution is 2.86. The summed E-state index contributed by atoms with van der Waals surface area (Å²) in [7, 11) is 0. The van der Waals surface area contributed by atoms with Crippen LogP contribution in [0.2, 0.25) is 0 Å². The molecule has 2 N–H and O–H groups in total. The number of nitrogens with two attached hydrogens (primary N) is 1. The third-order valence-corrected chi connectivity index (χ3v) is 5.72. The molecule has 1 aromatic rings. The lowest BCUT2D eigenvalue weighted by atomic mass is 9.80. The number of rotatable bonds is 6. The molecule has 130 valence electrons. The summed E-state index contributed by atoms with van der Waals surface area (Å²) >= 11 is 0. The van der Waals surface area contributed by atoms with Gasteiger partial charge in [0.15, 0.2) is 10.8 Å². The van der Waals surface area contributed by atoms with Crippen LogP contribution in [0.25, 0.3) is 0 Å². The smallest absolute Gasteiger partial charge is 0.293 e. The van der Waals surface area contributed by atoms with Crippen LogP contribution < -0.4 is 5.73 Å². The SMILES string of the molecule is CCOC1(OCC)N=C(N)[C@@]2(C#N)[C@](CC)(c3ccccc3)[C@@]12C#N. The Hall–Kier alpha value is -2.41. The lowest BCUT2D eigenvalue weighted by molar-refractivity contribution is -0.258. The Bertz CT molecular complexity index is 788. The fourth-order valence-electron chi connectivity index (χ4n) is 4.96. The predicted molar refractivity (Wildman–Crippen MR) is 92.1 cm³/mol. The van der Waals surface area contributed by atoms with E-state index in [9.17, 15) is 10.5 Å². The van der Waals surface area contributed by atoms with Gasteiger partial charge in [-0.15, -0.1) is 0 Å². The number of benzene rings is 1. The summed E-state index contributed by atoms with van der Waals surface area (Å²) in [6, 6.07) is 14.2. The average Bonchev–Trinajstić information content (AvgIpc) is 3.14. The van der Waals surface area contributed by atoms with Crippen molar-refractivity contribution >= 4 is 5.84 Å². The molecule has 0 bridgehead atoms. The van der Waals surface area contributed by atoms with Crippen molar-refractivity contribution < 1.29 is 9.47 Å². The predicted octanol–water partition coefficient (Wildman–Crippen LogP) is 2.47. The molecule has 1 heterocycles. The van der Waals surface area contributed by atoms with Crippen molar-refractivity contribution in [3.63, 3.8) is 0 Å². The highest BCUT2D eigenvalue weighted by atomic mass is 16.7. The molecule has 0 radical (unpaired) electrons. The molecule has 0 unspecified atom stereocenters. The van der Waals surface area contributed by atoms with Crippen LogP contribution >= 0.6 is 0 Å². The van der Waals surface area contributed by atoms with Gasteiger partial charge < -0.3 is 15.2 Å². The molecule has 0 amide bonds. The fourth-order valence-corrected chi connectivity index (χ4v) is 4.96. The van der Waals surface area contributed by atoms with E-state index in [0.717, 1.165) is 5.56 Å². The van der Waals surface area contributed by atoms with Gasteiger partial charge in [-0.25, -0.2) is 4.99 Å². The maximum absolute atomic E-state index is 10.3. The molecule has 3 atom stereocenters. The number of aliphatic imine (C=N–C) groups is 1. The highest BCUT2D eigenvalue weighted by Gasteiger charge is 3.00. The van der Waals surface area contributed by atoms with Gasteiger partial charge in [0.2, 0.25) is 0 Å². The van der Waals surface area contributed by atoms with Crippen molar-refractivity contribution in [3.05, 3.63) is 35.9 Å². The Labute approximate surface area is 147 Å². The van der Waals surface area contributed by atoms with Crippen LogP contribution in [0.15, 0.2) is 35.3 Å². The maximum atomic E-state index is 10.3. The molecule has 2 aliphatic rings. The summed E-state index contributed by atoms with van der Waals surface area (Å²) in [5.41, 5.74) is 3.72. The van der Waals surface area contributed by atoms with E-state index in [2.05, 4.69) is 17.1 Å². The van der Waals surface area contributed by atoms with E-state index < -0.39 is 22.2 Å². The molecule has 6 nitrogen and oxygen atoms in total. The van der Waals surface area contributed by atoms with Crippen molar-refractivity contribution in [2.75, 3.05) is 13.2 Å². The molecule has 0 spiro atoms. The quantitative estimate of drug-likeness (QED) is 0.802. The average molecular weight is 338 g/mol. The largest absolute Gasteiger partial charge is 0.386 e. The van der Waals surface area contributed by atoms with Crippen molar-refractivity contribution in [3.8, 4) is 12.1 Å². The number of amidine groups is 1. The first-order chi connectivity index (χ1) is 12.0. The van der Waals surface area contributed by atoms with Gasteiger partial charge in [0.25, 0.3) is 5.91 Å². The first-order valence-corrected chi connectivity index (χ1v) is 8.55. The van der Waals surface area contributed by atoms with E-state index in [1.807, 2.05) is 51.1 Å². The molecular weight excluding hydrogens is 316 g/mol. The van der Waals surface area contributed by atoms with E-state index >= 15 is 0 Å². The zero-order valence-corrected chi connectivity index (χ0v) is 14.7. The van der Waals surface area contributed by atoms with E-state index in [4.69, 9.17) is 15.2 Å². The standard InChI is InChI=1S/C19H22N4O2/c1-4-16(14-10-8-7-9-11-14)17(12-20)15(22)23-19(24-5-2,25-6-3)18(16,17)13-21/h7-11H,4-6H2,1-3H3,(H2,22,23)/t16-,17-,18+/m0/s1. The third-order valence-electron chi connectivity index (χ3n) is 5.72. The molecule has 6 heteroatoms. The van der Waals surface area contributed by atoms with Crippen LogP contribution in [-0.4, -0.2) is 25.0 Å². The Balaban J connectivity index is 2.36. The number of nitriles is 2. The lowest BCUT2D eigenvalue weighted by Crippen LogP contribution is -2.46. The molecule has 0 saturated heterocycles. The van der Waals surface area contributed by atoms with Crippen molar-refractivity contribution in [2.45, 2.75) is 38.5 Å². The summed E-state index contributed by atoms with van der Waals surface area (Å²) in [4.78, 5) is 4.39. The monoisotopic (exact) mass is 338 g/mol. The van der Waals surface area contributed by atoms with E-state index in [0.29, 0.717) is 6.42 Å². The molecule has 1 aliphatic heterocycles. The van der Waals surface area contributed by atoms with Gasteiger partial charge in [0, 0.05) is 13.2 Å². The Morgan fingerprint density at radius 1 is 1.04 bits per heavy atom. The van der Waals surface area contributed by atoms with Gasteiger partial charge in [-0.1, -0.05) is 37.3 Å². The summed E-state index contributed by atoms with van der Waals surface area (Å²) in [5, 5.41) is 20.5. The minimum Gasteiger partial charge on any atom is -0.386 e. The minimum atomic E-state index is -1.57. The van der Waals surface area contributed by atoms with Crippen LogP contribution in [0.1, 0.15) is 32.8 Å². The molecule has 0 aromatic heterocycles. The molecule has 1 fully saturated rings. The second kappa shape index (κ2) is 5.56. The Morgan fingerprint density at radius 2 is 1.64 bits per heavy atom. The van der Waals surface area contributed by atoms with Crippen molar-refractivity contribution in [1.82, 2.24) is 0 Å². The van der Waals surface area contributed by atoms with Gasteiger partial charge in [-0.05, 0) is 25.8 Å². The van der Waals surface area contributed by atoms with Gasteiger partial charge in [0.05, 0.1) is 17.6 Å². The van der Waals surface area contributed by atoms with Crippen molar-refractivity contribution in [1.29, 1.82) is 10.5 Å². The molecule has 1 aliphatic carbocycles. The molecule has 1 aromatic carbocycles. The second-order valence-electron chi connectivity index (χ2n) is 6.29. The number of nitrogens with zero attached hydrogens (tertiary/aromatic N) is 3.